The minimum atomic E-state index is -0.162. The van der Waals surface area contributed by atoms with Crippen molar-refractivity contribution in [2.24, 2.45) is 9.98 Å². The predicted octanol–water partition coefficient (Wildman–Crippen LogP) is 1.89. The van der Waals surface area contributed by atoms with Crippen LogP contribution >= 0.6 is 0 Å². The second-order valence-electron chi connectivity index (χ2n) is 3.70. The van der Waals surface area contributed by atoms with Gasteiger partial charge in [0.1, 0.15) is 0 Å². The lowest BCUT2D eigenvalue weighted by molar-refractivity contribution is 0.105. The van der Waals surface area contributed by atoms with Gasteiger partial charge < -0.3 is 9.47 Å². The minimum absolute atomic E-state index is 0.162. The van der Waals surface area contributed by atoms with E-state index < -0.39 is 0 Å². The van der Waals surface area contributed by atoms with Crippen LogP contribution in [-0.4, -0.2) is 25.6 Å². The highest BCUT2D eigenvalue weighted by Crippen LogP contribution is 2.27. The summed E-state index contributed by atoms with van der Waals surface area (Å²) in [6.07, 6.45) is 3.26. The van der Waals surface area contributed by atoms with Gasteiger partial charge in [0.05, 0.1) is 13.2 Å². The van der Waals surface area contributed by atoms with Crippen LogP contribution in [0.25, 0.3) is 0 Å². The molecule has 1 aromatic carbocycles. The highest BCUT2D eigenvalue weighted by atomic mass is 16.5. The summed E-state index contributed by atoms with van der Waals surface area (Å²) in [6, 6.07) is 8.05. The lowest BCUT2D eigenvalue weighted by Crippen LogP contribution is -2.00. The topological polar surface area (TPSA) is 43.2 Å². The van der Waals surface area contributed by atoms with E-state index in [-0.39, 0.29) is 12.5 Å². The smallest absolute Gasteiger partial charge is 0.174 e. The first-order valence-corrected chi connectivity index (χ1v) is 5.30. The minimum Gasteiger partial charge on any atom is -0.347 e. The van der Waals surface area contributed by atoms with E-state index in [0.717, 1.165) is 11.1 Å². The molecule has 82 valence electrons. The molecule has 0 aromatic heterocycles. The summed E-state index contributed by atoms with van der Waals surface area (Å²) in [4.78, 5) is 8.49. The molecule has 0 saturated heterocycles. The van der Waals surface area contributed by atoms with Crippen molar-refractivity contribution < 1.29 is 9.47 Å². The maximum atomic E-state index is 5.46. The first-order chi connectivity index (χ1) is 7.93. The average molecular weight is 216 g/mol. The number of nitrogens with zero attached hydrogens (tertiary/aromatic N) is 2. The number of ether oxygens (including phenoxy) is 2. The van der Waals surface area contributed by atoms with Gasteiger partial charge in [-0.05, 0) is 6.07 Å². The Hall–Kier alpha value is -1.52. The van der Waals surface area contributed by atoms with Gasteiger partial charge in [-0.15, -0.1) is 0 Å². The van der Waals surface area contributed by atoms with Crippen LogP contribution < -0.4 is 0 Å². The Morgan fingerprint density at radius 3 is 1.94 bits per heavy atom. The predicted molar refractivity (Wildman–Crippen MR) is 60.8 cm³/mol. The fraction of sp³-hybridized carbons (Fsp3) is 0.333. The van der Waals surface area contributed by atoms with Crippen LogP contribution in [0.15, 0.2) is 34.3 Å². The molecule has 2 heterocycles. The molecule has 0 fully saturated rings. The van der Waals surface area contributed by atoms with Gasteiger partial charge in [-0.25, -0.2) is 0 Å². The normalized spacial score (nSPS) is 27.8. The Morgan fingerprint density at radius 2 is 1.50 bits per heavy atom. The lowest BCUT2D eigenvalue weighted by Gasteiger charge is -2.12. The summed E-state index contributed by atoms with van der Waals surface area (Å²) >= 11 is 0. The quantitative estimate of drug-likeness (QED) is 0.757. The van der Waals surface area contributed by atoms with Gasteiger partial charge in [-0.1, -0.05) is 18.2 Å². The van der Waals surface area contributed by atoms with Gasteiger partial charge in [-0.3, -0.25) is 9.98 Å². The van der Waals surface area contributed by atoms with Gasteiger partial charge in [0.25, 0.3) is 0 Å². The monoisotopic (exact) mass is 216 g/mol. The van der Waals surface area contributed by atoms with Crippen LogP contribution in [0.1, 0.15) is 23.6 Å². The molecule has 0 bridgehead atoms. The Labute approximate surface area is 93.6 Å². The molecule has 4 nitrogen and oxygen atoms in total. The molecule has 0 amide bonds. The molecule has 16 heavy (non-hydrogen) atoms. The van der Waals surface area contributed by atoms with Crippen molar-refractivity contribution in [3.8, 4) is 0 Å². The molecule has 2 atom stereocenters. The van der Waals surface area contributed by atoms with Crippen molar-refractivity contribution in [1.82, 2.24) is 0 Å². The standard InChI is InChI=1S/C12H12N2O2/c1-2-9(11-13-4-6-15-11)8-10(3-1)12-14-5-7-16-12/h1-5,8,11-12H,6-7H2. The van der Waals surface area contributed by atoms with E-state index in [4.69, 9.17) is 9.47 Å². The molecule has 1 aromatic rings. The fourth-order valence-corrected chi connectivity index (χ4v) is 1.86. The van der Waals surface area contributed by atoms with E-state index in [1.54, 1.807) is 12.4 Å². The molecule has 2 unspecified atom stereocenters. The summed E-state index contributed by atoms with van der Waals surface area (Å²) in [5.41, 5.74) is 2.11. The third kappa shape index (κ3) is 1.77. The molecular formula is C12H12N2O2. The van der Waals surface area contributed by atoms with Crippen molar-refractivity contribution in [3.05, 3.63) is 35.4 Å². The Morgan fingerprint density at radius 1 is 0.938 bits per heavy atom. The van der Waals surface area contributed by atoms with Gasteiger partial charge in [0.2, 0.25) is 0 Å². The molecule has 3 rings (SSSR count). The van der Waals surface area contributed by atoms with Crippen molar-refractivity contribution in [2.75, 3.05) is 13.2 Å². The molecule has 0 saturated carbocycles. The van der Waals surface area contributed by atoms with E-state index in [9.17, 15) is 0 Å². The zero-order valence-corrected chi connectivity index (χ0v) is 8.74. The zero-order valence-electron chi connectivity index (χ0n) is 8.74. The molecule has 0 spiro atoms. The van der Waals surface area contributed by atoms with Crippen molar-refractivity contribution in [2.45, 2.75) is 12.5 Å². The zero-order chi connectivity index (χ0) is 10.8. The first kappa shape index (κ1) is 9.69. The molecular weight excluding hydrogens is 204 g/mol. The van der Waals surface area contributed by atoms with Gasteiger partial charge in [-0.2, -0.15) is 0 Å². The van der Waals surface area contributed by atoms with Crippen LogP contribution in [0.3, 0.4) is 0 Å². The van der Waals surface area contributed by atoms with Crippen molar-refractivity contribution in [1.29, 1.82) is 0 Å². The van der Waals surface area contributed by atoms with E-state index in [1.165, 1.54) is 0 Å². The highest BCUT2D eigenvalue weighted by Gasteiger charge is 2.17. The van der Waals surface area contributed by atoms with Crippen LogP contribution in [0.4, 0.5) is 0 Å². The molecule has 2 aliphatic rings. The number of hydrogen-bond acceptors (Lipinski definition) is 4. The number of benzene rings is 1. The molecule has 0 radical (unpaired) electrons. The molecule has 4 heteroatoms. The first-order valence-electron chi connectivity index (χ1n) is 5.30. The maximum absolute atomic E-state index is 5.46. The Kier molecular flexibility index (Phi) is 2.52. The fourth-order valence-electron chi connectivity index (χ4n) is 1.86. The average Bonchev–Trinajstić information content (AvgIpc) is 3.03. The van der Waals surface area contributed by atoms with Crippen molar-refractivity contribution in [3.63, 3.8) is 0 Å². The molecule has 2 aliphatic heterocycles. The van der Waals surface area contributed by atoms with Crippen molar-refractivity contribution >= 4 is 12.4 Å². The lowest BCUT2D eigenvalue weighted by atomic mass is 10.1. The molecule has 0 aliphatic carbocycles. The van der Waals surface area contributed by atoms with Crippen LogP contribution in [0.5, 0.6) is 0 Å². The summed E-state index contributed by atoms with van der Waals surface area (Å²) in [6.45, 7) is 1.18. The van der Waals surface area contributed by atoms with E-state index in [0.29, 0.717) is 13.2 Å². The summed E-state index contributed by atoms with van der Waals surface area (Å²) in [7, 11) is 0. The van der Waals surface area contributed by atoms with Gasteiger partial charge in [0.15, 0.2) is 12.5 Å². The number of rotatable bonds is 2. The summed E-state index contributed by atoms with van der Waals surface area (Å²) in [5.74, 6) is 0. The van der Waals surface area contributed by atoms with E-state index in [2.05, 4.69) is 9.98 Å². The van der Waals surface area contributed by atoms with Crippen LogP contribution in [0, 0.1) is 0 Å². The van der Waals surface area contributed by atoms with E-state index in [1.807, 2.05) is 24.3 Å². The van der Waals surface area contributed by atoms with Gasteiger partial charge in [0, 0.05) is 23.6 Å². The SMILES string of the molecule is C1=NC(c2cccc(C3N=CCO3)c2)OC1. The summed E-state index contributed by atoms with van der Waals surface area (Å²) < 4.78 is 10.9. The number of hydrogen-bond donors (Lipinski definition) is 0. The molecule has 0 N–H and O–H groups in total. The van der Waals surface area contributed by atoms with Crippen LogP contribution in [0.2, 0.25) is 0 Å². The van der Waals surface area contributed by atoms with Crippen LogP contribution in [-0.2, 0) is 9.47 Å². The third-order valence-electron chi connectivity index (χ3n) is 2.62. The third-order valence-corrected chi connectivity index (χ3v) is 2.62. The Balaban J connectivity index is 1.87. The second kappa shape index (κ2) is 4.15. The van der Waals surface area contributed by atoms with E-state index >= 15 is 0 Å². The van der Waals surface area contributed by atoms with Gasteiger partial charge >= 0.3 is 0 Å². The Bertz CT molecular complexity index is 405. The largest absolute Gasteiger partial charge is 0.347 e. The number of aliphatic imine (C=N–C) groups is 2. The summed E-state index contributed by atoms with van der Waals surface area (Å²) in [5, 5.41) is 0. The second-order valence-corrected chi connectivity index (χ2v) is 3.70. The maximum Gasteiger partial charge on any atom is 0.174 e. The highest BCUT2D eigenvalue weighted by molar-refractivity contribution is 5.61.